The number of hydrogen-bond acceptors (Lipinski definition) is 8. The summed E-state index contributed by atoms with van der Waals surface area (Å²) in [6, 6.07) is 19.2. The minimum Gasteiger partial charge on any atom is -0.456 e. The van der Waals surface area contributed by atoms with E-state index in [-0.39, 0.29) is 42.4 Å². The smallest absolute Gasteiger partial charge is 0.329 e. The Bertz CT molecular complexity index is 1610. The molecule has 50 heavy (non-hydrogen) atoms. The van der Waals surface area contributed by atoms with Gasteiger partial charge in [-0.15, -0.1) is 0 Å². The second-order valence-corrected chi connectivity index (χ2v) is 14.4. The van der Waals surface area contributed by atoms with E-state index in [1.54, 1.807) is 6.08 Å². The molecule has 0 spiro atoms. The molecule has 0 fully saturated rings. The Labute approximate surface area is 301 Å². The lowest BCUT2D eigenvalue weighted by atomic mass is 10.0. The summed E-state index contributed by atoms with van der Waals surface area (Å²) >= 11 is 1.32. The number of esters is 1. The van der Waals surface area contributed by atoms with Crippen LogP contribution in [0, 0.1) is 5.92 Å². The molecule has 2 atom stereocenters. The van der Waals surface area contributed by atoms with Crippen molar-refractivity contribution in [3.8, 4) is 0 Å². The van der Waals surface area contributed by atoms with Crippen LogP contribution in [0.15, 0.2) is 72.8 Å². The first kappa shape index (κ1) is 38.8. The summed E-state index contributed by atoms with van der Waals surface area (Å²) in [7, 11) is 0. The van der Waals surface area contributed by atoms with Gasteiger partial charge < -0.3 is 15.4 Å². The van der Waals surface area contributed by atoms with E-state index in [1.165, 1.54) is 31.0 Å². The lowest BCUT2D eigenvalue weighted by Gasteiger charge is -2.26. The number of carbonyl (C=O) groups is 4. The first-order chi connectivity index (χ1) is 24.2. The highest BCUT2D eigenvalue weighted by atomic mass is 32.2. The highest BCUT2D eigenvalue weighted by molar-refractivity contribution is 8.13. The molecule has 2 heterocycles. The number of allylic oxidation sites excluding steroid dienone is 1. The molecule has 0 saturated carbocycles. The summed E-state index contributed by atoms with van der Waals surface area (Å²) in [6.45, 7) is 7.03. The number of rotatable bonds is 13. The summed E-state index contributed by atoms with van der Waals surface area (Å²) in [4.78, 5) is 59.1. The third kappa shape index (κ3) is 13.4. The van der Waals surface area contributed by atoms with Gasteiger partial charge in [-0.2, -0.15) is 0 Å². The molecular formula is C40H52N4O5S. The van der Waals surface area contributed by atoms with E-state index in [9.17, 15) is 19.2 Å². The molecule has 3 aromatic rings. The molecular weight excluding hydrogens is 649 g/mol. The van der Waals surface area contributed by atoms with E-state index in [2.05, 4.69) is 47.9 Å². The van der Waals surface area contributed by atoms with Crippen molar-refractivity contribution < 1.29 is 23.9 Å². The van der Waals surface area contributed by atoms with Crippen molar-refractivity contribution in [3.05, 3.63) is 89.8 Å². The van der Waals surface area contributed by atoms with Crippen LogP contribution in [0.5, 0.6) is 0 Å². The van der Waals surface area contributed by atoms with E-state index in [0.717, 1.165) is 34.9 Å². The van der Waals surface area contributed by atoms with Crippen molar-refractivity contribution in [1.82, 2.24) is 20.5 Å². The number of nitrogens with one attached hydrogen (secondary N) is 2. The van der Waals surface area contributed by atoms with Gasteiger partial charge in [0.2, 0.25) is 11.8 Å². The van der Waals surface area contributed by atoms with Gasteiger partial charge in [0.05, 0.1) is 30.9 Å². The number of unbranched alkanes of at least 4 members (excludes halogenated alkanes) is 4. The van der Waals surface area contributed by atoms with Crippen molar-refractivity contribution >= 4 is 45.4 Å². The van der Waals surface area contributed by atoms with Crippen LogP contribution >= 0.6 is 11.8 Å². The zero-order valence-corrected chi connectivity index (χ0v) is 30.5. The first-order valence-corrected chi connectivity index (χ1v) is 18.9. The maximum Gasteiger partial charge on any atom is 0.329 e. The zero-order chi connectivity index (χ0) is 35.7. The number of cyclic esters (lactones) is 1. The predicted octanol–water partition coefficient (Wildman–Crippen LogP) is 6.88. The van der Waals surface area contributed by atoms with Crippen LogP contribution in [0.4, 0.5) is 0 Å². The minimum atomic E-state index is -0.899. The Morgan fingerprint density at radius 3 is 2.54 bits per heavy atom. The predicted molar refractivity (Wildman–Crippen MR) is 200 cm³/mol. The summed E-state index contributed by atoms with van der Waals surface area (Å²) in [6.07, 6.45) is 9.37. The molecule has 2 aromatic carbocycles. The molecule has 2 bridgehead atoms. The maximum absolute atomic E-state index is 13.5. The number of carbonyl (C=O) groups excluding carboxylic acids is 4. The molecule has 2 N–H and O–H groups in total. The average molecular weight is 701 g/mol. The van der Waals surface area contributed by atoms with E-state index in [4.69, 9.17) is 9.72 Å². The van der Waals surface area contributed by atoms with Crippen LogP contribution in [0.1, 0.15) is 89.1 Å². The van der Waals surface area contributed by atoms with Crippen molar-refractivity contribution in [2.24, 2.45) is 5.92 Å². The SMILES string of the molecule is CCCCCCCC(=O)SCC/C=C/[C@@H]1CC(=O)NCc2cccc(n2)CN(Cc2ccc3ccccc3c2)CC(=O)N[C@@H](C(C)C)C(=O)O1. The van der Waals surface area contributed by atoms with E-state index in [1.807, 2.05) is 55.2 Å². The Morgan fingerprint density at radius 2 is 1.74 bits per heavy atom. The van der Waals surface area contributed by atoms with Crippen molar-refractivity contribution in [2.45, 2.75) is 104 Å². The summed E-state index contributed by atoms with van der Waals surface area (Å²) < 4.78 is 5.86. The number of benzene rings is 2. The highest BCUT2D eigenvalue weighted by Gasteiger charge is 2.29. The van der Waals surface area contributed by atoms with Gasteiger partial charge >= 0.3 is 5.97 Å². The molecule has 268 valence electrons. The van der Waals surface area contributed by atoms with Crippen LogP contribution in [-0.2, 0) is 43.5 Å². The molecule has 9 nitrogen and oxygen atoms in total. The van der Waals surface area contributed by atoms with Gasteiger partial charge in [0.15, 0.2) is 5.12 Å². The Morgan fingerprint density at radius 1 is 0.960 bits per heavy atom. The van der Waals surface area contributed by atoms with Crippen LogP contribution in [-0.4, -0.2) is 57.2 Å². The second-order valence-electron chi connectivity index (χ2n) is 13.3. The molecule has 10 heteroatoms. The molecule has 4 rings (SSSR count). The third-order valence-electron chi connectivity index (χ3n) is 8.58. The van der Waals surface area contributed by atoms with E-state index >= 15 is 0 Å². The van der Waals surface area contributed by atoms with Crippen molar-refractivity contribution in [2.75, 3.05) is 12.3 Å². The van der Waals surface area contributed by atoms with Gasteiger partial charge in [-0.25, -0.2) is 4.79 Å². The van der Waals surface area contributed by atoms with Crippen molar-refractivity contribution in [1.29, 1.82) is 0 Å². The Kier molecular flexibility index (Phi) is 16.0. The number of ether oxygens (including phenoxy) is 1. The summed E-state index contributed by atoms with van der Waals surface area (Å²) in [5.41, 5.74) is 2.51. The molecule has 1 aliphatic heterocycles. The topological polar surface area (TPSA) is 118 Å². The van der Waals surface area contributed by atoms with Gasteiger partial charge in [-0.05, 0) is 59.4 Å². The monoisotopic (exact) mass is 700 g/mol. The van der Waals surface area contributed by atoms with E-state index < -0.39 is 18.1 Å². The number of pyridine rings is 1. The molecule has 0 unspecified atom stereocenters. The van der Waals surface area contributed by atoms with Gasteiger partial charge in [0.1, 0.15) is 12.1 Å². The molecule has 1 aromatic heterocycles. The van der Waals surface area contributed by atoms with Gasteiger partial charge in [0.25, 0.3) is 0 Å². The lowest BCUT2D eigenvalue weighted by molar-refractivity contribution is -0.153. The number of nitrogens with zero attached hydrogens (tertiary/aromatic N) is 2. The number of amides is 2. The molecule has 0 saturated heterocycles. The van der Waals surface area contributed by atoms with Gasteiger partial charge in [-0.3, -0.25) is 24.3 Å². The average Bonchev–Trinajstić information content (AvgIpc) is 3.09. The van der Waals surface area contributed by atoms with Crippen molar-refractivity contribution in [3.63, 3.8) is 0 Å². The lowest BCUT2D eigenvalue weighted by Crippen LogP contribution is -2.49. The molecule has 1 aliphatic rings. The van der Waals surface area contributed by atoms with Crippen LogP contribution < -0.4 is 10.6 Å². The normalized spacial score (nSPS) is 18.3. The summed E-state index contributed by atoms with van der Waals surface area (Å²) in [5, 5.41) is 8.27. The number of thioether (sulfide) groups is 1. The molecule has 0 aliphatic carbocycles. The molecule has 2 amide bonds. The van der Waals surface area contributed by atoms with Gasteiger partial charge in [-0.1, -0.05) is 107 Å². The standard InChI is InChI=1S/C40H52N4O5S/c1-4-5-6-7-8-19-38(47)50-22-12-11-18-35-24-36(45)41-25-33-16-13-17-34(42-33)27-44(28-37(46)43-39(29(2)3)40(48)49-35)26-30-20-21-31-14-9-10-15-32(31)23-30/h9-11,13-18,20-21,23,29,35,39H,4-8,12,19,22,24-28H2,1-3H3,(H,41,45)(H,43,46)/b18-11+/t35-,39+/m1/s1. The third-order valence-corrected chi connectivity index (χ3v) is 9.54. The first-order valence-electron chi connectivity index (χ1n) is 17.9. The molecule has 0 radical (unpaired) electrons. The fourth-order valence-corrected chi connectivity index (χ4v) is 6.65. The van der Waals surface area contributed by atoms with Crippen LogP contribution in [0.3, 0.4) is 0 Å². The number of fused-ring (bicyclic) bond motifs is 3. The largest absolute Gasteiger partial charge is 0.456 e. The van der Waals surface area contributed by atoms with Gasteiger partial charge in [0, 0.05) is 25.3 Å². The zero-order valence-electron chi connectivity index (χ0n) is 29.7. The van der Waals surface area contributed by atoms with Crippen LogP contribution in [0.25, 0.3) is 10.8 Å². The highest BCUT2D eigenvalue weighted by Crippen LogP contribution is 2.19. The minimum absolute atomic E-state index is 0.0461. The quantitative estimate of drug-likeness (QED) is 0.113. The number of aromatic nitrogens is 1. The fraction of sp³-hybridized carbons (Fsp3) is 0.475. The maximum atomic E-state index is 13.5. The number of hydrogen-bond donors (Lipinski definition) is 2. The fourth-order valence-electron chi connectivity index (χ4n) is 5.88. The van der Waals surface area contributed by atoms with Crippen LogP contribution in [0.2, 0.25) is 0 Å². The van der Waals surface area contributed by atoms with E-state index in [0.29, 0.717) is 37.4 Å². The summed E-state index contributed by atoms with van der Waals surface area (Å²) in [5.74, 6) is -0.826. The second kappa shape index (κ2) is 20.6. The Hall–Kier alpha value is -4.02. The Balaban J connectivity index is 1.45.